The second kappa shape index (κ2) is 5.20. The number of hydrogen-bond donors (Lipinski definition) is 1. The number of aryl methyl sites for hydroxylation is 1. The monoisotopic (exact) mass is 281 g/mol. The van der Waals surface area contributed by atoms with Crippen molar-refractivity contribution in [3.05, 3.63) is 35.1 Å². The number of hydrogen-bond acceptors (Lipinski definition) is 3. The molecule has 5 nitrogen and oxygen atoms in total. The van der Waals surface area contributed by atoms with Gasteiger partial charge in [-0.05, 0) is 37.6 Å². The van der Waals surface area contributed by atoms with Crippen molar-refractivity contribution in [1.29, 1.82) is 0 Å². The molecule has 1 amide bonds. The van der Waals surface area contributed by atoms with Crippen LogP contribution in [0, 0.1) is 12.7 Å². The molecule has 0 saturated carbocycles. The van der Waals surface area contributed by atoms with Crippen molar-refractivity contribution in [2.45, 2.75) is 19.4 Å². The SMILES string of the molecule is Cc1cc(F)ccc1C(=O)N1CC(C)(OCC(=O)O)C1. The van der Waals surface area contributed by atoms with Gasteiger partial charge >= 0.3 is 5.97 Å². The van der Waals surface area contributed by atoms with Gasteiger partial charge in [-0.15, -0.1) is 0 Å². The summed E-state index contributed by atoms with van der Waals surface area (Å²) in [5.74, 6) is -1.61. The number of halogens is 1. The minimum absolute atomic E-state index is 0.195. The van der Waals surface area contributed by atoms with Crippen molar-refractivity contribution in [2.24, 2.45) is 0 Å². The minimum Gasteiger partial charge on any atom is -0.480 e. The Morgan fingerprint density at radius 1 is 1.45 bits per heavy atom. The Morgan fingerprint density at radius 2 is 2.10 bits per heavy atom. The largest absolute Gasteiger partial charge is 0.480 e. The molecule has 0 aliphatic carbocycles. The van der Waals surface area contributed by atoms with Crippen molar-refractivity contribution < 1.29 is 23.8 Å². The predicted molar refractivity (Wildman–Crippen MR) is 69.0 cm³/mol. The number of nitrogens with zero attached hydrogens (tertiary/aromatic N) is 1. The van der Waals surface area contributed by atoms with E-state index in [0.717, 1.165) is 0 Å². The summed E-state index contributed by atoms with van der Waals surface area (Å²) < 4.78 is 18.2. The molecule has 1 aliphatic rings. The van der Waals surface area contributed by atoms with E-state index in [9.17, 15) is 14.0 Å². The molecule has 20 heavy (non-hydrogen) atoms. The predicted octanol–water partition coefficient (Wildman–Crippen LogP) is 1.45. The number of carbonyl (C=O) groups is 2. The summed E-state index contributed by atoms with van der Waals surface area (Å²) in [6.45, 7) is 3.72. The number of carboxylic acid groups (broad SMARTS) is 1. The summed E-state index contributed by atoms with van der Waals surface area (Å²) in [5, 5.41) is 8.57. The van der Waals surface area contributed by atoms with E-state index in [1.807, 2.05) is 0 Å². The van der Waals surface area contributed by atoms with Crippen molar-refractivity contribution in [1.82, 2.24) is 4.90 Å². The van der Waals surface area contributed by atoms with Crippen LogP contribution in [0.15, 0.2) is 18.2 Å². The van der Waals surface area contributed by atoms with E-state index in [1.165, 1.54) is 18.2 Å². The Kier molecular flexibility index (Phi) is 3.76. The Morgan fingerprint density at radius 3 is 2.65 bits per heavy atom. The first-order valence-corrected chi connectivity index (χ1v) is 6.22. The summed E-state index contributed by atoms with van der Waals surface area (Å²) >= 11 is 0. The van der Waals surface area contributed by atoms with Crippen LogP contribution < -0.4 is 0 Å². The lowest BCUT2D eigenvalue weighted by Gasteiger charge is -2.47. The molecule has 1 aromatic rings. The maximum Gasteiger partial charge on any atom is 0.329 e. The lowest BCUT2D eigenvalue weighted by molar-refractivity contribution is -0.159. The molecule has 1 fully saturated rings. The highest BCUT2D eigenvalue weighted by atomic mass is 19.1. The highest BCUT2D eigenvalue weighted by Crippen LogP contribution is 2.27. The van der Waals surface area contributed by atoms with Gasteiger partial charge in [-0.1, -0.05) is 0 Å². The van der Waals surface area contributed by atoms with Gasteiger partial charge in [0, 0.05) is 5.56 Å². The van der Waals surface area contributed by atoms with Gasteiger partial charge in [0.1, 0.15) is 18.0 Å². The Balaban J connectivity index is 1.98. The van der Waals surface area contributed by atoms with Crippen LogP contribution in [0.4, 0.5) is 4.39 Å². The minimum atomic E-state index is -1.04. The zero-order valence-electron chi connectivity index (χ0n) is 11.4. The maximum absolute atomic E-state index is 13.0. The smallest absolute Gasteiger partial charge is 0.329 e. The third-order valence-electron chi connectivity index (χ3n) is 3.30. The lowest BCUT2D eigenvalue weighted by atomic mass is 9.94. The van der Waals surface area contributed by atoms with Gasteiger partial charge in [-0.2, -0.15) is 0 Å². The normalized spacial score (nSPS) is 16.6. The van der Waals surface area contributed by atoms with E-state index in [1.54, 1.807) is 18.7 Å². The van der Waals surface area contributed by atoms with Crippen LogP contribution in [0.3, 0.4) is 0 Å². The van der Waals surface area contributed by atoms with E-state index in [4.69, 9.17) is 9.84 Å². The topological polar surface area (TPSA) is 66.8 Å². The molecule has 1 heterocycles. The number of aliphatic carboxylic acids is 1. The fourth-order valence-corrected chi connectivity index (χ4v) is 2.27. The van der Waals surface area contributed by atoms with E-state index in [0.29, 0.717) is 24.2 Å². The Labute approximate surface area is 116 Å². The number of likely N-dealkylation sites (tertiary alicyclic amines) is 1. The second-order valence-corrected chi connectivity index (χ2v) is 5.25. The molecule has 0 spiro atoms. The molecule has 1 N–H and O–H groups in total. The summed E-state index contributed by atoms with van der Waals surface area (Å²) in [5.41, 5.74) is 0.406. The quantitative estimate of drug-likeness (QED) is 0.907. The van der Waals surface area contributed by atoms with Gasteiger partial charge in [-0.25, -0.2) is 9.18 Å². The van der Waals surface area contributed by atoms with E-state index in [2.05, 4.69) is 0 Å². The van der Waals surface area contributed by atoms with Gasteiger partial charge in [0.25, 0.3) is 5.91 Å². The van der Waals surface area contributed by atoms with Crippen LogP contribution in [0.2, 0.25) is 0 Å². The third kappa shape index (κ3) is 2.96. The summed E-state index contributed by atoms with van der Waals surface area (Å²) in [4.78, 5) is 24.2. The fraction of sp³-hybridized carbons (Fsp3) is 0.429. The first kappa shape index (κ1) is 14.5. The second-order valence-electron chi connectivity index (χ2n) is 5.25. The molecule has 1 aromatic carbocycles. The molecular formula is C14H16FNO4. The van der Waals surface area contributed by atoms with Crippen molar-refractivity contribution in [3.8, 4) is 0 Å². The first-order valence-electron chi connectivity index (χ1n) is 6.22. The van der Waals surface area contributed by atoms with Gasteiger partial charge in [0.2, 0.25) is 0 Å². The molecule has 0 aromatic heterocycles. The molecule has 1 aliphatic heterocycles. The molecule has 0 atom stereocenters. The number of carbonyl (C=O) groups excluding carboxylic acids is 1. The van der Waals surface area contributed by atoms with Gasteiger partial charge in [0.05, 0.1) is 13.1 Å². The summed E-state index contributed by atoms with van der Waals surface area (Å²) in [7, 11) is 0. The molecule has 2 rings (SSSR count). The molecular weight excluding hydrogens is 265 g/mol. The van der Waals surface area contributed by atoms with E-state index in [-0.39, 0.29) is 18.3 Å². The van der Waals surface area contributed by atoms with Crippen LogP contribution in [0.1, 0.15) is 22.8 Å². The Hall–Kier alpha value is -1.95. The number of rotatable bonds is 4. The summed E-state index contributed by atoms with van der Waals surface area (Å²) in [6.07, 6.45) is 0. The highest BCUT2D eigenvalue weighted by molar-refractivity contribution is 5.96. The number of amides is 1. The standard InChI is InChI=1S/C14H16FNO4/c1-9-5-10(15)3-4-11(9)13(19)16-7-14(2,8-16)20-6-12(17)18/h3-5H,6-8H2,1-2H3,(H,17,18). The zero-order valence-corrected chi connectivity index (χ0v) is 11.4. The van der Waals surface area contributed by atoms with Gasteiger partial charge in [-0.3, -0.25) is 4.79 Å². The number of ether oxygens (including phenoxy) is 1. The lowest BCUT2D eigenvalue weighted by Crippen LogP contribution is -2.63. The van der Waals surface area contributed by atoms with E-state index >= 15 is 0 Å². The van der Waals surface area contributed by atoms with Gasteiger partial charge in [0.15, 0.2) is 0 Å². The first-order chi connectivity index (χ1) is 9.31. The van der Waals surface area contributed by atoms with Crippen molar-refractivity contribution in [2.75, 3.05) is 19.7 Å². The molecule has 108 valence electrons. The molecule has 0 bridgehead atoms. The van der Waals surface area contributed by atoms with Gasteiger partial charge < -0.3 is 14.7 Å². The number of benzene rings is 1. The van der Waals surface area contributed by atoms with Crippen LogP contribution in [-0.4, -0.2) is 47.2 Å². The molecule has 6 heteroatoms. The zero-order chi connectivity index (χ0) is 14.9. The van der Waals surface area contributed by atoms with Crippen LogP contribution in [0.25, 0.3) is 0 Å². The molecule has 1 saturated heterocycles. The molecule has 0 unspecified atom stereocenters. The highest BCUT2D eigenvalue weighted by Gasteiger charge is 2.43. The Bertz CT molecular complexity index is 552. The van der Waals surface area contributed by atoms with E-state index < -0.39 is 11.6 Å². The van der Waals surface area contributed by atoms with Crippen LogP contribution >= 0.6 is 0 Å². The summed E-state index contributed by atoms with van der Waals surface area (Å²) in [6, 6.07) is 4.02. The van der Waals surface area contributed by atoms with Crippen molar-refractivity contribution >= 4 is 11.9 Å². The molecule has 0 radical (unpaired) electrons. The fourth-order valence-electron chi connectivity index (χ4n) is 2.27. The average Bonchev–Trinajstić information content (AvgIpc) is 2.32. The maximum atomic E-state index is 13.0. The number of carboxylic acids is 1. The van der Waals surface area contributed by atoms with Crippen LogP contribution in [0.5, 0.6) is 0 Å². The van der Waals surface area contributed by atoms with Crippen LogP contribution in [-0.2, 0) is 9.53 Å². The average molecular weight is 281 g/mol. The van der Waals surface area contributed by atoms with Crippen molar-refractivity contribution in [3.63, 3.8) is 0 Å². The third-order valence-corrected chi connectivity index (χ3v) is 3.30.